The number of nitrogens with zero attached hydrogens (tertiary/aromatic N) is 2. The molecule has 0 saturated carbocycles. The van der Waals surface area contributed by atoms with Gasteiger partial charge in [0.15, 0.2) is 5.82 Å². The minimum atomic E-state index is -0.170. The summed E-state index contributed by atoms with van der Waals surface area (Å²) in [7, 11) is 0. The second-order valence-corrected chi connectivity index (χ2v) is 3.21. The van der Waals surface area contributed by atoms with Crippen molar-refractivity contribution in [1.29, 1.82) is 0 Å². The molecule has 0 aromatic carbocycles. The molecule has 5 heteroatoms. The third kappa shape index (κ3) is 2.54. The normalized spacial score (nSPS) is 12.9. The van der Waals surface area contributed by atoms with Crippen molar-refractivity contribution in [2.75, 3.05) is 0 Å². The quantitative estimate of drug-likeness (QED) is 0.756. The Morgan fingerprint density at radius 1 is 1.62 bits per heavy atom. The summed E-state index contributed by atoms with van der Waals surface area (Å²) in [5, 5.41) is 6.45. The summed E-state index contributed by atoms with van der Waals surface area (Å²) in [4.78, 5) is 14.8. The number of aromatic nitrogens is 2. The largest absolute Gasteiger partial charge is 0.346 e. The predicted molar refractivity (Wildman–Crippen MR) is 45.7 cm³/mol. The molecule has 1 aromatic heterocycles. The van der Waals surface area contributed by atoms with Crippen LogP contribution in [-0.2, 0) is 4.79 Å². The smallest absolute Gasteiger partial charge is 0.217 e. The topological polar surface area (TPSA) is 68.0 Å². The number of carbonyl (C=O) groups excluding carboxylic acids is 1. The van der Waals surface area contributed by atoms with Crippen LogP contribution in [0, 0.1) is 5.92 Å². The average molecular weight is 183 g/mol. The zero-order chi connectivity index (χ0) is 9.84. The lowest BCUT2D eigenvalue weighted by Crippen LogP contribution is -2.30. The van der Waals surface area contributed by atoms with E-state index in [0.29, 0.717) is 5.82 Å². The van der Waals surface area contributed by atoms with Crippen LogP contribution in [0.3, 0.4) is 0 Å². The van der Waals surface area contributed by atoms with Gasteiger partial charge in [0, 0.05) is 6.92 Å². The third-order valence-electron chi connectivity index (χ3n) is 1.68. The molecule has 0 radical (unpaired) electrons. The molecule has 1 aromatic rings. The number of rotatable bonds is 3. The van der Waals surface area contributed by atoms with Crippen molar-refractivity contribution in [3.05, 3.63) is 12.2 Å². The van der Waals surface area contributed by atoms with Gasteiger partial charge >= 0.3 is 0 Å². The van der Waals surface area contributed by atoms with Gasteiger partial charge in [0.1, 0.15) is 0 Å². The second kappa shape index (κ2) is 4.02. The Hall–Kier alpha value is -1.39. The maximum absolute atomic E-state index is 10.9. The second-order valence-electron chi connectivity index (χ2n) is 3.21. The van der Waals surface area contributed by atoms with Gasteiger partial charge in [-0.1, -0.05) is 19.0 Å². The lowest BCUT2D eigenvalue weighted by atomic mass is 10.0. The highest BCUT2D eigenvalue weighted by Gasteiger charge is 2.20. The molecule has 72 valence electrons. The van der Waals surface area contributed by atoms with Crippen LogP contribution in [0.1, 0.15) is 32.6 Å². The molecule has 13 heavy (non-hydrogen) atoms. The summed E-state index contributed by atoms with van der Waals surface area (Å²) >= 11 is 0. The zero-order valence-electron chi connectivity index (χ0n) is 7.94. The number of hydrogen-bond acceptors (Lipinski definition) is 4. The summed E-state index contributed by atoms with van der Waals surface area (Å²) in [6.07, 6.45) is 1.26. The highest BCUT2D eigenvalue weighted by molar-refractivity contribution is 5.73. The van der Waals surface area contributed by atoms with Gasteiger partial charge in [-0.25, -0.2) is 0 Å². The minimum absolute atomic E-state index is 0.0940. The van der Waals surface area contributed by atoms with Gasteiger partial charge in [-0.05, 0) is 5.92 Å². The first-order chi connectivity index (χ1) is 6.11. The standard InChI is InChI=1S/C8H13N3O2/c1-5(2)7(10-6(3)12)8-9-4-13-11-8/h4-5,7H,1-3H3,(H,10,12). The van der Waals surface area contributed by atoms with Crippen LogP contribution >= 0.6 is 0 Å². The number of amides is 1. The van der Waals surface area contributed by atoms with Crippen molar-refractivity contribution >= 4 is 5.91 Å². The van der Waals surface area contributed by atoms with Gasteiger partial charge in [0.25, 0.3) is 0 Å². The van der Waals surface area contributed by atoms with Crippen LogP contribution in [-0.4, -0.2) is 16.0 Å². The highest BCUT2D eigenvalue weighted by Crippen LogP contribution is 2.17. The summed E-state index contributed by atoms with van der Waals surface area (Å²) < 4.78 is 4.61. The SMILES string of the molecule is CC(=O)NC(c1ncon1)C(C)C. The molecule has 0 aliphatic carbocycles. The summed E-state index contributed by atoms with van der Waals surface area (Å²) in [5.74, 6) is 0.662. The molecule has 1 unspecified atom stereocenters. The highest BCUT2D eigenvalue weighted by atomic mass is 16.5. The van der Waals surface area contributed by atoms with E-state index in [2.05, 4.69) is 20.0 Å². The molecule has 5 nitrogen and oxygen atoms in total. The van der Waals surface area contributed by atoms with Crippen molar-refractivity contribution < 1.29 is 9.32 Å². The van der Waals surface area contributed by atoms with E-state index in [-0.39, 0.29) is 17.9 Å². The van der Waals surface area contributed by atoms with Crippen LogP contribution < -0.4 is 5.32 Å². The Morgan fingerprint density at radius 3 is 2.69 bits per heavy atom. The van der Waals surface area contributed by atoms with Gasteiger partial charge in [-0.15, -0.1) is 0 Å². The van der Waals surface area contributed by atoms with E-state index in [1.54, 1.807) is 0 Å². The van der Waals surface area contributed by atoms with Crippen molar-refractivity contribution in [2.45, 2.75) is 26.8 Å². The van der Waals surface area contributed by atoms with E-state index in [4.69, 9.17) is 0 Å². The van der Waals surface area contributed by atoms with Crippen molar-refractivity contribution in [2.24, 2.45) is 5.92 Å². The van der Waals surface area contributed by atoms with Crippen molar-refractivity contribution in [3.8, 4) is 0 Å². The van der Waals surface area contributed by atoms with Gasteiger partial charge in [-0.2, -0.15) is 4.98 Å². The Morgan fingerprint density at radius 2 is 2.31 bits per heavy atom. The van der Waals surface area contributed by atoms with E-state index >= 15 is 0 Å². The van der Waals surface area contributed by atoms with E-state index < -0.39 is 0 Å². The molecule has 0 fully saturated rings. The molecule has 0 saturated heterocycles. The first-order valence-corrected chi connectivity index (χ1v) is 4.14. The van der Waals surface area contributed by atoms with Gasteiger partial charge in [-0.3, -0.25) is 4.79 Å². The minimum Gasteiger partial charge on any atom is -0.346 e. The fraction of sp³-hybridized carbons (Fsp3) is 0.625. The van der Waals surface area contributed by atoms with Crippen LogP contribution in [0.2, 0.25) is 0 Å². The zero-order valence-corrected chi connectivity index (χ0v) is 7.94. The van der Waals surface area contributed by atoms with E-state index in [1.807, 2.05) is 13.8 Å². The van der Waals surface area contributed by atoms with Crippen LogP contribution in [0.5, 0.6) is 0 Å². The molecular formula is C8H13N3O2. The fourth-order valence-electron chi connectivity index (χ4n) is 1.06. The van der Waals surface area contributed by atoms with E-state index in [0.717, 1.165) is 0 Å². The van der Waals surface area contributed by atoms with Gasteiger partial charge in [0.05, 0.1) is 6.04 Å². The Balaban J connectivity index is 2.74. The van der Waals surface area contributed by atoms with E-state index in [9.17, 15) is 4.79 Å². The van der Waals surface area contributed by atoms with Crippen molar-refractivity contribution in [1.82, 2.24) is 15.5 Å². The Bertz CT molecular complexity index is 269. The lowest BCUT2D eigenvalue weighted by Gasteiger charge is -2.17. The molecule has 0 aliphatic rings. The molecule has 1 heterocycles. The van der Waals surface area contributed by atoms with Gasteiger partial charge < -0.3 is 9.84 Å². The summed E-state index contributed by atoms with van der Waals surface area (Å²) in [6, 6.07) is -0.170. The molecule has 0 spiro atoms. The summed E-state index contributed by atoms with van der Waals surface area (Å²) in [6.45, 7) is 5.43. The Labute approximate surface area is 76.5 Å². The van der Waals surface area contributed by atoms with Crippen LogP contribution in [0.4, 0.5) is 0 Å². The fourth-order valence-corrected chi connectivity index (χ4v) is 1.06. The molecule has 1 rings (SSSR count). The maximum atomic E-state index is 10.9. The molecule has 1 atom stereocenters. The van der Waals surface area contributed by atoms with Crippen LogP contribution in [0.25, 0.3) is 0 Å². The first kappa shape index (κ1) is 9.70. The first-order valence-electron chi connectivity index (χ1n) is 4.14. The maximum Gasteiger partial charge on any atom is 0.217 e. The predicted octanol–water partition coefficient (Wildman–Crippen LogP) is 0.903. The molecule has 0 bridgehead atoms. The van der Waals surface area contributed by atoms with E-state index in [1.165, 1.54) is 13.3 Å². The number of nitrogens with one attached hydrogen (secondary N) is 1. The monoisotopic (exact) mass is 183 g/mol. The average Bonchev–Trinajstić information content (AvgIpc) is 2.50. The third-order valence-corrected chi connectivity index (χ3v) is 1.68. The van der Waals surface area contributed by atoms with Gasteiger partial charge in [0.2, 0.25) is 12.3 Å². The molecule has 1 N–H and O–H groups in total. The number of carbonyl (C=O) groups is 1. The summed E-state index contributed by atoms with van der Waals surface area (Å²) in [5.41, 5.74) is 0. The Kier molecular flexibility index (Phi) is 3.00. The van der Waals surface area contributed by atoms with Crippen LogP contribution in [0.15, 0.2) is 10.9 Å². The molecular weight excluding hydrogens is 170 g/mol. The number of hydrogen-bond donors (Lipinski definition) is 1. The van der Waals surface area contributed by atoms with Crippen molar-refractivity contribution in [3.63, 3.8) is 0 Å². The lowest BCUT2D eigenvalue weighted by molar-refractivity contribution is -0.120. The molecule has 0 aliphatic heterocycles. The molecule has 1 amide bonds.